The molecule has 0 aromatic carbocycles. The van der Waals surface area contributed by atoms with E-state index in [4.69, 9.17) is 14.7 Å². The van der Waals surface area contributed by atoms with Crippen LogP contribution in [0.15, 0.2) is 6.07 Å². The molecule has 1 aromatic rings. The third-order valence-corrected chi connectivity index (χ3v) is 3.90. The highest BCUT2D eigenvalue weighted by Gasteiger charge is 2.34. The van der Waals surface area contributed by atoms with Gasteiger partial charge in [0, 0.05) is 20.3 Å². The predicted molar refractivity (Wildman–Crippen MR) is 88.4 cm³/mol. The van der Waals surface area contributed by atoms with Crippen molar-refractivity contribution in [2.24, 2.45) is 0 Å². The molecule has 0 fully saturated rings. The zero-order valence-electron chi connectivity index (χ0n) is 14.9. The van der Waals surface area contributed by atoms with Gasteiger partial charge in [0.2, 0.25) is 0 Å². The first-order valence-electron chi connectivity index (χ1n) is 8.32. The van der Waals surface area contributed by atoms with Gasteiger partial charge in [-0.3, -0.25) is 9.58 Å². The van der Waals surface area contributed by atoms with Gasteiger partial charge in [-0.05, 0) is 46.1 Å². The number of unbranched alkanes of at least 4 members (excludes halogenated alkanes) is 1. The van der Waals surface area contributed by atoms with E-state index in [1.807, 2.05) is 25.5 Å². The van der Waals surface area contributed by atoms with Crippen molar-refractivity contribution in [3.05, 3.63) is 17.5 Å². The van der Waals surface area contributed by atoms with Gasteiger partial charge < -0.3 is 9.47 Å². The molecule has 0 aliphatic carbocycles. The quantitative estimate of drug-likeness (QED) is 0.774. The van der Waals surface area contributed by atoms with E-state index in [0.29, 0.717) is 25.4 Å². The lowest BCUT2D eigenvalue weighted by atomic mass is 10.0. The predicted octanol–water partition coefficient (Wildman–Crippen LogP) is 2.86. The summed E-state index contributed by atoms with van der Waals surface area (Å²) in [5.41, 5.74) is 0.756. The monoisotopic (exact) mass is 334 g/mol. The Balaban J connectivity index is 2.19. The highest BCUT2D eigenvalue weighted by Crippen LogP contribution is 2.31. The number of methoxy groups -OCH3 is 1. The van der Waals surface area contributed by atoms with Gasteiger partial charge in [0.05, 0.1) is 18.3 Å². The molecule has 2 rings (SSSR count). The molecular formula is C17H26N4O3. The number of fused-ring (bicyclic) bond motifs is 1. The summed E-state index contributed by atoms with van der Waals surface area (Å²) >= 11 is 0. The fourth-order valence-electron chi connectivity index (χ4n) is 2.88. The van der Waals surface area contributed by atoms with Gasteiger partial charge in [0.1, 0.15) is 11.7 Å². The first-order chi connectivity index (χ1) is 11.4. The van der Waals surface area contributed by atoms with Crippen LogP contribution in [0, 0.1) is 11.3 Å². The Morgan fingerprint density at radius 2 is 2.17 bits per heavy atom. The molecule has 7 nitrogen and oxygen atoms in total. The molecule has 0 bridgehead atoms. The van der Waals surface area contributed by atoms with E-state index >= 15 is 0 Å². The van der Waals surface area contributed by atoms with Crippen molar-refractivity contribution in [2.45, 2.75) is 58.2 Å². The molecular weight excluding hydrogens is 308 g/mol. The lowest BCUT2D eigenvalue weighted by Crippen LogP contribution is -2.44. The van der Waals surface area contributed by atoms with Gasteiger partial charge in [0.15, 0.2) is 5.69 Å². The number of nitriles is 1. The van der Waals surface area contributed by atoms with Crippen molar-refractivity contribution in [2.75, 3.05) is 20.3 Å². The Morgan fingerprint density at radius 1 is 1.42 bits per heavy atom. The first kappa shape index (κ1) is 18.3. The summed E-state index contributed by atoms with van der Waals surface area (Å²) in [5.74, 6) is 0. The fraction of sp³-hybridized carbons (Fsp3) is 0.706. The number of carbonyl (C=O) groups excluding carboxylic acids is 1. The van der Waals surface area contributed by atoms with Gasteiger partial charge >= 0.3 is 6.09 Å². The minimum atomic E-state index is -0.535. The van der Waals surface area contributed by atoms with Crippen molar-refractivity contribution in [3.63, 3.8) is 0 Å². The maximum absolute atomic E-state index is 12.6. The summed E-state index contributed by atoms with van der Waals surface area (Å²) in [5, 5.41) is 13.4. The highest BCUT2D eigenvalue weighted by atomic mass is 16.6. The second-order valence-electron chi connectivity index (χ2n) is 6.97. The molecule has 0 unspecified atom stereocenters. The van der Waals surface area contributed by atoms with Gasteiger partial charge in [-0.2, -0.15) is 10.4 Å². The lowest BCUT2D eigenvalue weighted by Gasteiger charge is -2.37. The van der Waals surface area contributed by atoms with Crippen LogP contribution in [0.5, 0.6) is 0 Å². The van der Waals surface area contributed by atoms with Crippen LogP contribution in [0.2, 0.25) is 0 Å². The first-order valence-corrected chi connectivity index (χ1v) is 8.32. The Hall–Kier alpha value is -2.07. The van der Waals surface area contributed by atoms with Gasteiger partial charge in [-0.25, -0.2) is 4.79 Å². The summed E-state index contributed by atoms with van der Waals surface area (Å²) in [6.07, 6.45) is 2.32. The normalized spacial score (nSPS) is 17.3. The smallest absolute Gasteiger partial charge is 0.410 e. The number of hydrogen-bond donors (Lipinski definition) is 0. The molecule has 7 heteroatoms. The van der Waals surface area contributed by atoms with Crippen LogP contribution in [-0.4, -0.2) is 46.6 Å². The zero-order valence-corrected chi connectivity index (χ0v) is 14.9. The van der Waals surface area contributed by atoms with Crippen molar-refractivity contribution in [1.82, 2.24) is 14.7 Å². The van der Waals surface area contributed by atoms with Gasteiger partial charge in [-0.15, -0.1) is 0 Å². The molecule has 1 amide bonds. The SMILES string of the molecule is COCCCC[C@H]1c2cc(C#N)nn2CCN1C(=O)OC(C)(C)C. The summed E-state index contributed by atoms with van der Waals surface area (Å²) in [6, 6.07) is 3.73. The second kappa shape index (κ2) is 7.67. The number of carbonyl (C=O) groups is 1. The molecule has 0 saturated carbocycles. The van der Waals surface area contributed by atoms with Crippen LogP contribution >= 0.6 is 0 Å². The lowest BCUT2D eigenvalue weighted by molar-refractivity contribution is 0.00843. The molecule has 0 radical (unpaired) electrons. The average Bonchev–Trinajstić information content (AvgIpc) is 2.93. The maximum Gasteiger partial charge on any atom is 0.410 e. The summed E-state index contributed by atoms with van der Waals surface area (Å²) < 4.78 is 12.5. The van der Waals surface area contributed by atoms with Crippen molar-refractivity contribution in [3.8, 4) is 6.07 Å². The van der Waals surface area contributed by atoms with Crippen LogP contribution < -0.4 is 0 Å². The number of rotatable bonds is 5. The Labute approximate surface area is 143 Å². The molecule has 24 heavy (non-hydrogen) atoms. The standard InChI is InChI=1S/C17H26N4O3/c1-17(2,3)24-16(22)20-8-9-21-15(11-13(12-18)19-21)14(20)7-5-6-10-23-4/h11,14H,5-10H2,1-4H3/t14-/m0/s1. The zero-order chi connectivity index (χ0) is 17.7. The topological polar surface area (TPSA) is 80.4 Å². The van der Waals surface area contributed by atoms with Crippen molar-refractivity contribution >= 4 is 6.09 Å². The molecule has 1 aliphatic heterocycles. The largest absolute Gasteiger partial charge is 0.444 e. The summed E-state index contributed by atoms with van der Waals surface area (Å²) in [7, 11) is 1.68. The van der Waals surface area contributed by atoms with Gasteiger partial charge in [-0.1, -0.05) is 0 Å². The highest BCUT2D eigenvalue weighted by molar-refractivity contribution is 5.69. The number of nitrogens with zero attached hydrogens (tertiary/aromatic N) is 4. The van der Waals surface area contributed by atoms with Crippen molar-refractivity contribution in [1.29, 1.82) is 5.26 Å². The second-order valence-corrected chi connectivity index (χ2v) is 6.97. The summed E-state index contributed by atoms with van der Waals surface area (Å²) in [6.45, 7) is 7.39. The average molecular weight is 334 g/mol. The van der Waals surface area contributed by atoms with E-state index in [0.717, 1.165) is 25.0 Å². The van der Waals surface area contributed by atoms with E-state index < -0.39 is 5.60 Å². The molecule has 0 saturated heterocycles. The van der Waals surface area contributed by atoms with Crippen molar-refractivity contribution < 1.29 is 14.3 Å². The number of amides is 1. The van der Waals surface area contributed by atoms with Crippen LogP contribution in [0.1, 0.15) is 57.5 Å². The summed E-state index contributed by atoms with van der Waals surface area (Å²) in [4.78, 5) is 14.3. The van der Waals surface area contributed by atoms with Crippen LogP contribution in [-0.2, 0) is 16.0 Å². The molecule has 132 valence electrons. The Morgan fingerprint density at radius 3 is 2.79 bits per heavy atom. The fourth-order valence-corrected chi connectivity index (χ4v) is 2.88. The van der Waals surface area contributed by atoms with E-state index in [1.165, 1.54) is 0 Å². The number of ether oxygens (including phenoxy) is 2. The van der Waals surface area contributed by atoms with E-state index in [9.17, 15) is 4.79 Å². The van der Waals surface area contributed by atoms with Gasteiger partial charge in [0.25, 0.3) is 0 Å². The molecule has 0 N–H and O–H groups in total. The van der Waals surface area contributed by atoms with Crippen LogP contribution in [0.25, 0.3) is 0 Å². The molecule has 2 heterocycles. The maximum atomic E-state index is 12.6. The van der Waals surface area contributed by atoms with E-state index in [-0.39, 0.29) is 12.1 Å². The minimum absolute atomic E-state index is 0.125. The van der Waals surface area contributed by atoms with E-state index in [2.05, 4.69) is 11.2 Å². The molecule has 1 aliphatic rings. The minimum Gasteiger partial charge on any atom is -0.444 e. The number of hydrogen-bond acceptors (Lipinski definition) is 5. The molecule has 0 spiro atoms. The number of aromatic nitrogens is 2. The third-order valence-electron chi connectivity index (χ3n) is 3.90. The molecule has 1 atom stereocenters. The van der Waals surface area contributed by atoms with Crippen LogP contribution in [0.3, 0.4) is 0 Å². The Bertz CT molecular complexity index is 612. The molecule has 1 aromatic heterocycles. The third kappa shape index (κ3) is 4.48. The van der Waals surface area contributed by atoms with E-state index in [1.54, 1.807) is 18.1 Å². The Kier molecular flexibility index (Phi) is 5.84. The van der Waals surface area contributed by atoms with Crippen LogP contribution in [0.4, 0.5) is 4.79 Å².